The van der Waals surface area contributed by atoms with E-state index in [4.69, 9.17) is 11.6 Å². The molecule has 0 aromatic heterocycles. The Bertz CT molecular complexity index is 1130. The zero-order valence-corrected chi connectivity index (χ0v) is 22.1. The summed E-state index contributed by atoms with van der Waals surface area (Å²) in [7, 11) is -1.64. The number of hydrogen-bond acceptors (Lipinski definition) is 4. The predicted octanol–water partition coefficient (Wildman–Crippen LogP) is 3.42. The van der Waals surface area contributed by atoms with E-state index >= 15 is 0 Å². The van der Waals surface area contributed by atoms with E-state index < -0.39 is 34.5 Å². The van der Waals surface area contributed by atoms with Crippen LogP contribution in [-0.2, 0) is 26.3 Å². The van der Waals surface area contributed by atoms with Gasteiger partial charge in [0, 0.05) is 31.7 Å². The Kier molecular flexibility index (Phi) is 10.1. The quantitative estimate of drug-likeness (QED) is 0.486. The molecule has 0 radical (unpaired) electrons. The minimum atomic E-state index is -4.23. The van der Waals surface area contributed by atoms with E-state index in [9.17, 15) is 22.4 Å². The van der Waals surface area contributed by atoms with Crippen LogP contribution in [0.1, 0.15) is 32.8 Å². The topological polar surface area (TPSA) is 90.0 Å². The summed E-state index contributed by atoms with van der Waals surface area (Å²) in [5.41, 5.74) is 0.427. The molecule has 0 fully saturated rings. The van der Waals surface area contributed by atoms with Crippen LogP contribution >= 0.6 is 11.6 Å². The Morgan fingerprint density at radius 3 is 2.20 bits per heavy atom. The number of rotatable bonds is 11. The smallest absolute Gasteiger partial charge is 0.304 e. The SMILES string of the molecule is CC[C@H](C)NC(=O)[C@@H](C)N(Cc1ccc(Cl)cc1)C(=O)CN(c1ccccc1F)S(=O)(=O)N(C)C. The van der Waals surface area contributed by atoms with Crippen LogP contribution in [0.5, 0.6) is 0 Å². The summed E-state index contributed by atoms with van der Waals surface area (Å²) in [6.45, 7) is 4.66. The number of nitrogens with zero attached hydrogens (tertiary/aromatic N) is 3. The Hall–Kier alpha value is -2.69. The normalized spacial score (nSPS) is 13.3. The summed E-state index contributed by atoms with van der Waals surface area (Å²) >= 11 is 5.97. The van der Waals surface area contributed by atoms with Crippen molar-refractivity contribution in [2.45, 2.75) is 45.8 Å². The lowest BCUT2D eigenvalue weighted by atomic mass is 10.1. The van der Waals surface area contributed by atoms with Crippen molar-refractivity contribution < 1.29 is 22.4 Å². The fraction of sp³-hybridized carbons (Fsp3) is 0.417. The van der Waals surface area contributed by atoms with Crippen molar-refractivity contribution in [2.24, 2.45) is 0 Å². The minimum Gasteiger partial charge on any atom is -0.352 e. The van der Waals surface area contributed by atoms with E-state index in [1.165, 1.54) is 37.2 Å². The molecule has 0 bridgehead atoms. The Morgan fingerprint density at radius 1 is 1.06 bits per heavy atom. The van der Waals surface area contributed by atoms with Crippen molar-refractivity contribution in [3.8, 4) is 0 Å². The van der Waals surface area contributed by atoms with E-state index in [0.717, 1.165) is 10.4 Å². The van der Waals surface area contributed by atoms with E-state index in [-0.39, 0.29) is 24.2 Å². The van der Waals surface area contributed by atoms with Gasteiger partial charge in [-0.15, -0.1) is 0 Å². The predicted molar refractivity (Wildman–Crippen MR) is 136 cm³/mol. The third-order valence-corrected chi connectivity index (χ3v) is 7.63. The van der Waals surface area contributed by atoms with Crippen LogP contribution in [0.15, 0.2) is 48.5 Å². The van der Waals surface area contributed by atoms with Crippen LogP contribution in [0.25, 0.3) is 0 Å². The molecule has 35 heavy (non-hydrogen) atoms. The van der Waals surface area contributed by atoms with Crippen molar-refractivity contribution >= 4 is 39.3 Å². The summed E-state index contributed by atoms with van der Waals surface area (Å²) in [5, 5.41) is 3.36. The molecule has 0 aliphatic rings. The van der Waals surface area contributed by atoms with E-state index in [1.807, 2.05) is 13.8 Å². The summed E-state index contributed by atoms with van der Waals surface area (Å²) in [6, 6.07) is 11.0. The van der Waals surface area contributed by atoms with Crippen LogP contribution < -0.4 is 9.62 Å². The molecule has 11 heteroatoms. The number of amides is 2. The first kappa shape index (κ1) is 28.5. The summed E-state index contributed by atoms with van der Waals surface area (Å²) in [5.74, 6) is -1.84. The maximum atomic E-state index is 14.6. The molecule has 2 atom stereocenters. The largest absolute Gasteiger partial charge is 0.352 e. The third kappa shape index (κ3) is 7.39. The second-order valence-electron chi connectivity index (χ2n) is 8.39. The monoisotopic (exact) mass is 526 g/mol. The van der Waals surface area contributed by atoms with Crippen LogP contribution in [0.4, 0.5) is 10.1 Å². The molecule has 2 rings (SSSR count). The van der Waals surface area contributed by atoms with E-state index in [2.05, 4.69) is 5.32 Å². The van der Waals surface area contributed by atoms with Crippen molar-refractivity contribution in [1.82, 2.24) is 14.5 Å². The number of hydrogen-bond donors (Lipinski definition) is 1. The highest BCUT2D eigenvalue weighted by Gasteiger charge is 2.33. The average Bonchev–Trinajstić information content (AvgIpc) is 2.81. The maximum Gasteiger partial charge on any atom is 0.304 e. The van der Waals surface area contributed by atoms with E-state index in [1.54, 1.807) is 31.2 Å². The molecule has 0 unspecified atom stereocenters. The van der Waals surface area contributed by atoms with Crippen molar-refractivity contribution in [3.05, 3.63) is 64.9 Å². The zero-order valence-electron chi connectivity index (χ0n) is 20.5. The zero-order chi connectivity index (χ0) is 26.3. The Labute approximate surface area is 211 Å². The molecular formula is C24H32ClFN4O4S. The number of carbonyl (C=O) groups excluding carboxylic acids is 2. The maximum absolute atomic E-state index is 14.6. The van der Waals surface area contributed by atoms with Gasteiger partial charge in [0.1, 0.15) is 18.4 Å². The van der Waals surface area contributed by atoms with Gasteiger partial charge in [-0.2, -0.15) is 12.7 Å². The van der Waals surface area contributed by atoms with Crippen LogP contribution in [-0.4, -0.2) is 62.2 Å². The third-order valence-electron chi connectivity index (χ3n) is 5.57. The molecular weight excluding hydrogens is 495 g/mol. The van der Waals surface area contributed by atoms with Gasteiger partial charge in [0.25, 0.3) is 0 Å². The highest BCUT2D eigenvalue weighted by molar-refractivity contribution is 7.90. The second kappa shape index (κ2) is 12.3. The number of carbonyl (C=O) groups is 2. The van der Waals surface area contributed by atoms with Gasteiger partial charge in [0.15, 0.2) is 0 Å². The molecule has 0 aliphatic heterocycles. The van der Waals surface area contributed by atoms with Crippen LogP contribution in [0.2, 0.25) is 5.02 Å². The number of anilines is 1. The van der Waals surface area contributed by atoms with Gasteiger partial charge in [-0.3, -0.25) is 9.59 Å². The van der Waals surface area contributed by atoms with Gasteiger partial charge in [-0.1, -0.05) is 42.8 Å². The lowest BCUT2D eigenvalue weighted by molar-refractivity contribution is -0.139. The van der Waals surface area contributed by atoms with Crippen molar-refractivity contribution in [2.75, 3.05) is 24.9 Å². The lowest BCUT2D eigenvalue weighted by Crippen LogP contribution is -2.53. The molecule has 0 spiro atoms. The molecule has 0 saturated carbocycles. The second-order valence-corrected chi connectivity index (χ2v) is 10.9. The molecule has 8 nitrogen and oxygen atoms in total. The molecule has 2 aromatic carbocycles. The minimum absolute atomic E-state index is 0.0260. The van der Waals surface area contributed by atoms with Gasteiger partial charge in [0.2, 0.25) is 11.8 Å². The van der Waals surface area contributed by atoms with Crippen molar-refractivity contribution in [3.63, 3.8) is 0 Å². The fourth-order valence-electron chi connectivity index (χ4n) is 3.19. The molecule has 0 heterocycles. The number of halogens is 2. The molecule has 0 saturated heterocycles. The van der Waals surface area contributed by atoms with Crippen LogP contribution in [0.3, 0.4) is 0 Å². The first-order valence-corrected chi connectivity index (χ1v) is 12.9. The van der Waals surface area contributed by atoms with Crippen LogP contribution in [0, 0.1) is 5.82 Å². The summed E-state index contributed by atoms with van der Waals surface area (Å²) in [6.07, 6.45) is 0.700. The van der Waals surface area contributed by atoms with Gasteiger partial charge in [-0.25, -0.2) is 8.70 Å². The van der Waals surface area contributed by atoms with Gasteiger partial charge < -0.3 is 10.2 Å². The van der Waals surface area contributed by atoms with E-state index in [0.29, 0.717) is 21.3 Å². The lowest BCUT2D eigenvalue weighted by Gasteiger charge is -2.33. The van der Waals surface area contributed by atoms with Gasteiger partial charge in [-0.05, 0) is 50.1 Å². The first-order valence-electron chi connectivity index (χ1n) is 11.2. The Morgan fingerprint density at radius 2 is 1.66 bits per heavy atom. The fourth-order valence-corrected chi connectivity index (χ4v) is 4.38. The standard InChI is InChI=1S/C24H32ClFN4O4S/c1-6-17(2)27-24(32)18(3)29(15-19-11-13-20(25)14-12-19)23(31)16-30(35(33,34)28(4)5)22-10-8-7-9-21(22)26/h7-14,17-18H,6,15-16H2,1-5H3,(H,27,32)/t17-,18+/m0/s1. The summed E-state index contributed by atoms with van der Waals surface area (Å²) < 4.78 is 42.3. The Balaban J connectivity index is 2.46. The number of benzene rings is 2. The molecule has 0 aliphatic carbocycles. The number of nitrogens with one attached hydrogen (secondary N) is 1. The molecule has 1 N–H and O–H groups in total. The average molecular weight is 527 g/mol. The van der Waals surface area contributed by atoms with Crippen molar-refractivity contribution in [1.29, 1.82) is 0 Å². The summed E-state index contributed by atoms with van der Waals surface area (Å²) in [4.78, 5) is 27.7. The number of para-hydroxylation sites is 1. The van der Waals surface area contributed by atoms with Gasteiger partial charge >= 0.3 is 10.2 Å². The highest BCUT2D eigenvalue weighted by Crippen LogP contribution is 2.24. The highest BCUT2D eigenvalue weighted by atomic mass is 35.5. The first-order chi connectivity index (χ1) is 16.4. The molecule has 2 amide bonds. The molecule has 192 valence electrons. The molecule has 2 aromatic rings. The van der Waals surface area contributed by atoms with Gasteiger partial charge in [0.05, 0.1) is 5.69 Å².